The molecule has 0 spiro atoms. The van der Waals surface area contributed by atoms with Crippen LogP contribution in [0, 0.1) is 0 Å². The molecule has 7 heteroatoms. The molecule has 0 unspecified atom stereocenters. The number of nitrogens with zero attached hydrogens (tertiary/aromatic N) is 2. The minimum atomic E-state index is -3.31. The van der Waals surface area contributed by atoms with Crippen molar-refractivity contribution in [2.24, 2.45) is 0 Å². The molecule has 0 atom stereocenters. The molecular formula is C22H24N2O4S. The zero-order valence-corrected chi connectivity index (χ0v) is 17.2. The number of rotatable bonds is 5. The highest BCUT2D eigenvalue weighted by Gasteiger charge is 2.29. The number of furan rings is 1. The second-order valence-electron chi connectivity index (χ2n) is 7.53. The van der Waals surface area contributed by atoms with E-state index in [-0.39, 0.29) is 17.4 Å². The third-order valence-corrected chi connectivity index (χ3v) is 6.02. The predicted molar refractivity (Wildman–Crippen MR) is 112 cm³/mol. The predicted octanol–water partition coefficient (Wildman–Crippen LogP) is 2.94. The highest BCUT2D eigenvalue weighted by Crippen LogP contribution is 2.29. The number of sulfone groups is 1. The number of fused-ring (bicyclic) bond motifs is 1. The Morgan fingerprint density at radius 1 is 0.966 bits per heavy atom. The molecule has 0 aliphatic carbocycles. The minimum Gasteiger partial charge on any atom is -0.451 e. The Hall–Kier alpha value is -2.64. The van der Waals surface area contributed by atoms with Gasteiger partial charge >= 0.3 is 0 Å². The highest BCUT2D eigenvalue weighted by atomic mass is 32.2. The molecule has 0 saturated carbocycles. The fourth-order valence-electron chi connectivity index (χ4n) is 3.77. The number of piperazine rings is 1. The first-order valence-electron chi connectivity index (χ1n) is 9.64. The van der Waals surface area contributed by atoms with E-state index < -0.39 is 9.84 Å². The average molecular weight is 413 g/mol. The van der Waals surface area contributed by atoms with E-state index in [4.69, 9.17) is 4.42 Å². The van der Waals surface area contributed by atoms with Gasteiger partial charge in [-0.05, 0) is 11.6 Å². The second-order valence-corrected chi connectivity index (χ2v) is 9.67. The quantitative estimate of drug-likeness (QED) is 0.644. The van der Waals surface area contributed by atoms with Crippen molar-refractivity contribution in [2.75, 3.05) is 32.4 Å². The molecular weight excluding hydrogens is 388 g/mol. The molecule has 1 saturated heterocycles. The molecule has 1 aliphatic rings. The van der Waals surface area contributed by atoms with Crippen molar-refractivity contribution in [3.05, 3.63) is 71.5 Å². The molecule has 1 aromatic heterocycles. The lowest BCUT2D eigenvalue weighted by Gasteiger charge is -2.34. The molecule has 1 amide bonds. The average Bonchev–Trinajstić information content (AvgIpc) is 3.06. The number of hydrogen-bond donors (Lipinski definition) is 0. The fourth-order valence-corrected chi connectivity index (χ4v) is 4.58. The van der Waals surface area contributed by atoms with Gasteiger partial charge in [0.15, 0.2) is 15.6 Å². The molecule has 2 heterocycles. The zero-order valence-electron chi connectivity index (χ0n) is 16.4. The summed E-state index contributed by atoms with van der Waals surface area (Å²) < 4.78 is 29.7. The Labute approximate surface area is 170 Å². The van der Waals surface area contributed by atoms with Gasteiger partial charge in [-0.15, -0.1) is 0 Å². The maximum absolute atomic E-state index is 13.2. The highest BCUT2D eigenvalue weighted by molar-refractivity contribution is 7.89. The summed E-state index contributed by atoms with van der Waals surface area (Å²) in [5, 5.41) is 0.684. The van der Waals surface area contributed by atoms with Crippen molar-refractivity contribution in [3.63, 3.8) is 0 Å². The molecule has 6 nitrogen and oxygen atoms in total. The zero-order chi connectivity index (χ0) is 20.4. The first kappa shape index (κ1) is 19.7. The molecule has 152 valence electrons. The summed E-state index contributed by atoms with van der Waals surface area (Å²) in [4.78, 5) is 17.2. The monoisotopic (exact) mass is 412 g/mol. The van der Waals surface area contributed by atoms with Crippen molar-refractivity contribution < 1.29 is 17.6 Å². The summed E-state index contributed by atoms with van der Waals surface area (Å²) in [7, 11) is -3.31. The summed E-state index contributed by atoms with van der Waals surface area (Å²) in [5.74, 6) is -0.300. The van der Waals surface area contributed by atoms with Crippen molar-refractivity contribution in [1.29, 1.82) is 0 Å². The molecule has 1 aliphatic heterocycles. The fraction of sp³-hybridized carbons (Fsp3) is 0.318. The van der Waals surface area contributed by atoms with Crippen LogP contribution in [0.3, 0.4) is 0 Å². The van der Waals surface area contributed by atoms with Gasteiger partial charge in [0.25, 0.3) is 5.91 Å². The lowest BCUT2D eigenvalue weighted by Crippen LogP contribution is -2.48. The van der Waals surface area contributed by atoms with Crippen molar-refractivity contribution in [2.45, 2.75) is 12.3 Å². The Bertz CT molecular complexity index is 1110. The third-order valence-electron chi connectivity index (χ3n) is 5.21. The van der Waals surface area contributed by atoms with E-state index in [0.717, 1.165) is 19.6 Å². The van der Waals surface area contributed by atoms with E-state index in [2.05, 4.69) is 17.0 Å². The normalized spacial score (nSPS) is 15.7. The molecule has 3 aromatic rings. The first-order chi connectivity index (χ1) is 13.9. The number of carbonyl (C=O) groups is 1. The Balaban J connectivity index is 1.51. The number of benzene rings is 2. The van der Waals surface area contributed by atoms with Crippen LogP contribution in [0.4, 0.5) is 0 Å². The standard InChI is InChI=1S/C22H24N2O4S/c1-29(26,27)16-19-18-9-5-6-10-20(18)28-21(19)22(25)24-13-11-23(12-14-24)15-17-7-3-2-4-8-17/h2-10H,11-16H2,1H3. The van der Waals surface area contributed by atoms with Gasteiger partial charge in [0.1, 0.15) is 5.58 Å². The molecule has 2 aromatic carbocycles. The lowest BCUT2D eigenvalue weighted by molar-refractivity contribution is 0.0599. The molecule has 0 bridgehead atoms. The van der Waals surface area contributed by atoms with Crippen molar-refractivity contribution in [1.82, 2.24) is 9.80 Å². The largest absolute Gasteiger partial charge is 0.451 e. The molecule has 1 fully saturated rings. The minimum absolute atomic E-state index is 0.146. The van der Waals surface area contributed by atoms with Crippen LogP contribution in [-0.2, 0) is 22.1 Å². The van der Waals surface area contributed by atoms with E-state index in [1.807, 2.05) is 30.3 Å². The van der Waals surface area contributed by atoms with Gasteiger partial charge in [-0.2, -0.15) is 0 Å². The molecule has 0 radical (unpaired) electrons. The number of para-hydroxylation sites is 1. The number of carbonyl (C=O) groups excluding carboxylic acids is 1. The topological polar surface area (TPSA) is 70.8 Å². The van der Waals surface area contributed by atoms with Gasteiger partial charge in [0, 0.05) is 49.9 Å². The van der Waals surface area contributed by atoms with Gasteiger partial charge in [-0.1, -0.05) is 48.5 Å². The Kier molecular flexibility index (Phi) is 5.43. The van der Waals surface area contributed by atoms with Crippen LogP contribution in [0.1, 0.15) is 21.7 Å². The van der Waals surface area contributed by atoms with E-state index in [0.29, 0.717) is 29.6 Å². The second kappa shape index (κ2) is 8.00. The van der Waals surface area contributed by atoms with Crippen molar-refractivity contribution in [3.8, 4) is 0 Å². The number of hydrogen-bond acceptors (Lipinski definition) is 5. The van der Waals surface area contributed by atoms with Crippen LogP contribution < -0.4 is 0 Å². The van der Waals surface area contributed by atoms with Crippen LogP contribution in [0.2, 0.25) is 0 Å². The van der Waals surface area contributed by atoms with Gasteiger partial charge in [-0.25, -0.2) is 8.42 Å². The van der Waals surface area contributed by atoms with Crippen LogP contribution in [0.15, 0.2) is 59.0 Å². The molecule has 4 rings (SSSR count). The summed E-state index contributed by atoms with van der Waals surface area (Å²) in [6.07, 6.45) is 1.17. The maximum atomic E-state index is 13.2. The number of amides is 1. The summed E-state index contributed by atoms with van der Waals surface area (Å²) in [5.41, 5.74) is 2.25. The summed E-state index contributed by atoms with van der Waals surface area (Å²) in [6, 6.07) is 17.4. The Morgan fingerprint density at radius 2 is 1.62 bits per heavy atom. The Morgan fingerprint density at radius 3 is 2.31 bits per heavy atom. The smallest absolute Gasteiger partial charge is 0.290 e. The van der Waals surface area contributed by atoms with Gasteiger partial charge in [-0.3, -0.25) is 9.69 Å². The van der Waals surface area contributed by atoms with Crippen molar-refractivity contribution >= 4 is 26.7 Å². The maximum Gasteiger partial charge on any atom is 0.290 e. The van der Waals surface area contributed by atoms with Gasteiger partial charge in [0.05, 0.1) is 5.75 Å². The van der Waals surface area contributed by atoms with E-state index in [1.165, 1.54) is 11.8 Å². The summed E-state index contributed by atoms with van der Waals surface area (Å²) >= 11 is 0. The summed E-state index contributed by atoms with van der Waals surface area (Å²) in [6.45, 7) is 3.55. The van der Waals surface area contributed by atoms with Crippen LogP contribution >= 0.6 is 0 Å². The van der Waals surface area contributed by atoms with Gasteiger partial charge in [0.2, 0.25) is 0 Å². The van der Waals surface area contributed by atoms with E-state index in [1.54, 1.807) is 17.0 Å². The van der Waals surface area contributed by atoms with Gasteiger partial charge < -0.3 is 9.32 Å². The van der Waals surface area contributed by atoms with E-state index in [9.17, 15) is 13.2 Å². The molecule has 29 heavy (non-hydrogen) atoms. The van der Waals surface area contributed by atoms with E-state index >= 15 is 0 Å². The SMILES string of the molecule is CS(=O)(=O)Cc1c(C(=O)N2CCN(Cc3ccccc3)CC2)oc2ccccc12. The molecule has 0 N–H and O–H groups in total. The van der Waals surface area contributed by atoms with Crippen LogP contribution in [0.25, 0.3) is 11.0 Å². The van der Waals surface area contributed by atoms with Crippen LogP contribution in [0.5, 0.6) is 0 Å². The lowest BCUT2D eigenvalue weighted by atomic mass is 10.1. The third kappa shape index (κ3) is 4.52. The first-order valence-corrected chi connectivity index (χ1v) is 11.7. The van der Waals surface area contributed by atoms with Crippen LogP contribution in [-0.4, -0.2) is 56.6 Å².